The minimum Gasteiger partial charge on any atom is -0.750 e. The van der Waals surface area contributed by atoms with Crippen molar-refractivity contribution in [1.29, 1.82) is 0 Å². The van der Waals surface area contributed by atoms with Gasteiger partial charge < -0.3 is 14.4 Å². The standard InChI is InChI=1S/C9H16N2O3S/c1-3-5-10-6-7-11(8-10)9(4-2)14-15(12)13/h3,6-7,9H,1,4-5,8H2,2H3,(H,12,13)/p-1. The largest absolute Gasteiger partial charge is 0.750 e. The zero-order chi connectivity index (χ0) is 11.3. The van der Waals surface area contributed by atoms with Gasteiger partial charge in [-0.1, -0.05) is 13.0 Å². The van der Waals surface area contributed by atoms with Gasteiger partial charge in [0.25, 0.3) is 0 Å². The van der Waals surface area contributed by atoms with E-state index in [9.17, 15) is 8.76 Å². The molecule has 15 heavy (non-hydrogen) atoms. The monoisotopic (exact) mass is 231 g/mol. The van der Waals surface area contributed by atoms with Crippen molar-refractivity contribution in [3.8, 4) is 0 Å². The first-order valence-corrected chi connectivity index (χ1v) is 5.72. The molecule has 0 amide bonds. The van der Waals surface area contributed by atoms with E-state index >= 15 is 0 Å². The summed E-state index contributed by atoms with van der Waals surface area (Å²) >= 11 is -2.47. The van der Waals surface area contributed by atoms with Crippen molar-refractivity contribution >= 4 is 11.4 Å². The smallest absolute Gasteiger partial charge is 0.146 e. The fraction of sp³-hybridized carbons (Fsp3) is 0.556. The highest BCUT2D eigenvalue weighted by Gasteiger charge is 2.19. The molecule has 1 rings (SSSR count). The van der Waals surface area contributed by atoms with Crippen LogP contribution in [0.2, 0.25) is 0 Å². The quantitative estimate of drug-likeness (QED) is 0.499. The third-order valence-electron chi connectivity index (χ3n) is 2.09. The molecule has 0 fully saturated rings. The maximum Gasteiger partial charge on any atom is 0.146 e. The van der Waals surface area contributed by atoms with Crippen LogP contribution in [-0.2, 0) is 15.5 Å². The third-order valence-corrected chi connectivity index (χ3v) is 2.47. The molecular weight excluding hydrogens is 216 g/mol. The maximum absolute atomic E-state index is 10.4. The van der Waals surface area contributed by atoms with Gasteiger partial charge in [-0.15, -0.1) is 6.58 Å². The average molecular weight is 231 g/mol. The lowest BCUT2D eigenvalue weighted by Gasteiger charge is -2.28. The summed E-state index contributed by atoms with van der Waals surface area (Å²) in [6, 6.07) is 0. The first kappa shape index (κ1) is 12.2. The summed E-state index contributed by atoms with van der Waals surface area (Å²) in [7, 11) is 0. The van der Waals surface area contributed by atoms with E-state index in [2.05, 4.69) is 6.58 Å². The molecule has 0 radical (unpaired) electrons. The van der Waals surface area contributed by atoms with Crippen LogP contribution in [0.4, 0.5) is 0 Å². The Kier molecular flexibility index (Phi) is 4.80. The molecule has 86 valence electrons. The summed E-state index contributed by atoms with van der Waals surface area (Å²) in [5.74, 6) is 0. The second kappa shape index (κ2) is 5.89. The van der Waals surface area contributed by atoms with Crippen molar-refractivity contribution < 1.29 is 12.9 Å². The van der Waals surface area contributed by atoms with Gasteiger partial charge in [-0.3, -0.25) is 4.18 Å². The zero-order valence-corrected chi connectivity index (χ0v) is 9.48. The van der Waals surface area contributed by atoms with E-state index in [1.54, 1.807) is 6.08 Å². The minimum absolute atomic E-state index is 0.422. The first-order valence-electron chi connectivity index (χ1n) is 4.72. The van der Waals surface area contributed by atoms with Crippen LogP contribution >= 0.6 is 0 Å². The third kappa shape index (κ3) is 3.65. The molecule has 0 bridgehead atoms. The summed E-state index contributed by atoms with van der Waals surface area (Å²) in [6.07, 6.45) is 5.70. The first-order chi connectivity index (χ1) is 7.17. The van der Waals surface area contributed by atoms with Gasteiger partial charge in [0.1, 0.15) is 6.23 Å². The van der Waals surface area contributed by atoms with Gasteiger partial charge in [-0.25, -0.2) is 4.21 Å². The van der Waals surface area contributed by atoms with Crippen LogP contribution in [0.15, 0.2) is 25.1 Å². The lowest BCUT2D eigenvalue weighted by atomic mass is 10.4. The molecule has 1 aliphatic rings. The number of hydrogen-bond donors (Lipinski definition) is 0. The molecular formula is C9H15N2O3S-. The van der Waals surface area contributed by atoms with Crippen molar-refractivity contribution in [3.63, 3.8) is 0 Å². The predicted octanol–water partition coefficient (Wildman–Crippen LogP) is 0.766. The van der Waals surface area contributed by atoms with Crippen LogP contribution in [0, 0.1) is 0 Å². The van der Waals surface area contributed by atoms with Gasteiger partial charge in [-0.05, 0) is 6.42 Å². The van der Waals surface area contributed by atoms with Crippen molar-refractivity contribution in [3.05, 3.63) is 25.1 Å². The molecule has 6 heteroatoms. The molecule has 0 aliphatic carbocycles. The normalized spacial score (nSPS) is 19.3. The van der Waals surface area contributed by atoms with E-state index in [1.807, 2.05) is 29.1 Å². The average Bonchev–Trinajstić information content (AvgIpc) is 2.63. The van der Waals surface area contributed by atoms with E-state index < -0.39 is 17.6 Å². The number of nitrogens with zero attached hydrogens (tertiary/aromatic N) is 2. The Hall–Kier alpha value is -0.850. The number of rotatable bonds is 6. The van der Waals surface area contributed by atoms with Crippen LogP contribution in [0.3, 0.4) is 0 Å². The Balaban J connectivity index is 2.47. The summed E-state index contributed by atoms with van der Waals surface area (Å²) in [4.78, 5) is 3.84. The van der Waals surface area contributed by atoms with Crippen molar-refractivity contribution in [2.24, 2.45) is 0 Å². The summed E-state index contributed by atoms with van der Waals surface area (Å²) in [5.41, 5.74) is 0. The fourth-order valence-corrected chi connectivity index (χ4v) is 1.83. The molecule has 0 N–H and O–H groups in total. The van der Waals surface area contributed by atoms with Crippen LogP contribution < -0.4 is 0 Å². The van der Waals surface area contributed by atoms with E-state index in [4.69, 9.17) is 4.18 Å². The Morgan fingerprint density at radius 3 is 3.00 bits per heavy atom. The molecule has 1 aliphatic heterocycles. The Morgan fingerprint density at radius 1 is 1.73 bits per heavy atom. The van der Waals surface area contributed by atoms with Crippen LogP contribution in [0.1, 0.15) is 13.3 Å². The van der Waals surface area contributed by atoms with Crippen LogP contribution in [0.5, 0.6) is 0 Å². The Labute approximate surface area is 92.5 Å². The van der Waals surface area contributed by atoms with Gasteiger partial charge in [0.2, 0.25) is 0 Å². The van der Waals surface area contributed by atoms with E-state index in [0.29, 0.717) is 13.1 Å². The van der Waals surface area contributed by atoms with Crippen molar-refractivity contribution in [2.75, 3.05) is 13.2 Å². The van der Waals surface area contributed by atoms with Crippen molar-refractivity contribution in [1.82, 2.24) is 9.80 Å². The summed E-state index contributed by atoms with van der Waals surface area (Å²) < 4.78 is 25.6. The highest BCUT2D eigenvalue weighted by molar-refractivity contribution is 7.74. The molecule has 0 aromatic carbocycles. The Morgan fingerprint density at radius 2 is 2.47 bits per heavy atom. The molecule has 2 atom stereocenters. The molecule has 1 heterocycles. The second-order valence-corrected chi connectivity index (χ2v) is 3.78. The van der Waals surface area contributed by atoms with Gasteiger partial charge in [0.15, 0.2) is 0 Å². The van der Waals surface area contributed by atoms with Gasteiger partial charge >= 0.3 is 0 Å². The lowest BCUT2D eigenvalue weighted by molar-refractivity contribution is 0.0490. The SMILES string of the molecule is C=CCN1C=CN(C(CC)OS(=O)[O-])C1. The van der Waals surface area contributed by atoms with Gasteiger partial charge in [0, 0.05) is 18.9 Å². The summed E-state index contributed by atoms with van der Waals surface area (Å²) in [5, 5.41) is 0. The zero-order valence-electron chi connectivity index (χ0n) is 8.67. The van der Waals surface area contributed by atoms with E-state index in [0.717, 1.165) is 6.54 Å². The van der Waals surface area contributed by atoms with Crippen molar-refractivity contribution in [2.45, 2.75) is 19.6 Å². The molecule has 0 aromatic heterocycles. The number of hydrogen-bond acceptors (Lipinski definition) is 5. The molecule has 5 nitrogen and oxygen atoms in total. The molecule has 2 unspecified atom stereocenters. The maximum atomic E-state index is 10.4. The molecule has 0 saturated heterocycles. The topological polar surface area (TPSA) is 55.8 Å². The van der Waals surface area contributed by atoms with E-state index in [-0.39, 0.29) is 0 Å². The van der Waals surface area contributed by atoms with Gasteiger partial charge in [-0.2, -0.15) is 0 Å². The minimum atomic E-state index is -2.47. The van der Waals surface area contributed by atoms with Gasteiger partial charge in [0.05, 0.1) is 18.0 Å². The predicted molar refractivity (Wildman–Crippen MR) is 56.8 cm³/mol. The molecule has 0 aromatic rings. The Bertz CT molecular complexity index is 270. The highest BCUT2D eigenvalue weighted by Crippen LogP contribution is 2.14. The lowest BCUT2D eigenvalue weighted by Crippen LogP contribution is -2.35. The fourth-order valence-electron chi connectivity index (χ4n) is 1.40. The summed E-state index contributed by atoms with van der Waals surface area (Å²) in [6.45, 7) is 6.88. The van der Waals surface area contributed by atoms with E-state index in [1.165, 1.54) is 0 Å². The van der Waals surface area contributed by atoms with Crippen LogP contribution in [0.25, 0.3) is 0 Å². The second-order valence-electron chi connectivity index (χ2n) is 3.18. The molecule has 0 spiro atoms. The molecule has 0 saturated carbocycles. The van der Waals surface area contributed by atoms with Crippen LogP contribution in [-0.4, -0.2) is 38.0 Å². The highest BCUT2D eigenvalue weighted by atomic mass is 32.2.